The second kappa shape index (κ2) is 19.1. The smallest absolute Gasteiger partial charge is 0.432 e. The second-order valence-corrected chi connectivity index (χ2v) is 9.71. The van der Waals surface area contributed by atoms with Gasteiger partial charge in [0, 0.05) is 0 Å². The van der Waals surface area contributed by atoms with Crippen LogP contribution in [0.3, 0.4) is 0 Å². The van der Waals surface area contributed by atoms with Gasteiger partial charge in [-0.1, -0.05) is 73.9 Å². The van der Waals surface area contributed by atoms with Crippen molar-refractivity contribution in [2.45, 2.75) is 79.1 Å². The third-order valence-corrected chi connectivity index (χ3v) is 6.11. The van der Waals surface area contributed by atoms with Crippen LogP contribution in [0.2, 0.25) is 0 Å². The number of benzene rings is 2. The van der Waals surface area contributed by atoms with Crippen molar-refractivity contribution in [3.63, 3.8) is 0 Å². The first-order chi connectivity index (χ1) is 20.2. The third-order valence-electron chi connectivity index (χ3n) is 6.11. The Bertz CT molecular complexity index is 1090. The molecule has 0 unspecified atom stereocenters. The van der Waals surface area contributed by atoms with E-state index in [9.17, 15) is 19.2 Å². The van der Waals surface area contributed by atoms with Crippen LogP contribution >= 0.6 is 0 Å². The van der Waals surface area contributed by atoms with Crippen LogP contribution in [0, 0.1) is 27.7 Å². The molecule has 12 nitrogen and oxygen atoms in total. The summed E-state index contributed by atoms with van der Waals surface area (Å²) in [4.78, 5) is 64.4. The van der Waals surface area contributed by atoms with Crippen LogP contribution in [-0.4, -0.2) is 37.5 Å². The molecular formula is C30H38O12. The Hall–Kier alpha value is -4.16. The van der Waals surface area contributed by atoms with E-state index in [0.29, 0.717) is 35.1 Å². The number of aryl methyl sites for hydroxylation is 4. The van der Waals surface area contributed by atoms with Crippen molar-refractivity contribution < 1.29 is 58.3 Å². The van der Waals surface area contributed by atoms with Gasteiger partial charge in [-0.15, -0.1) is 0 Å². The molecule has 0 radical (unpaired) electrons. The lowest BCUT2D eigenvalue weighted by molar-refractivity contribution is -0.452. The first-order valence-electron chi connectivity index (χ1n) is 13.8. The number of carbonyl (C=O) groups excluding carboxylic acids is 4. The fourth-order valence-electron chi connectivity index (χ4n) is 3.95. The van der Waals surface area contributed by atoms with Gasteiger partial charge in [0.15, 0.2) is 0 Å². The van der Waals surface area contributed by atoms with Crippen molar-refractivity contribution in [1.82, 2.24) is 0 Å². The molecule has 0 aliphatic carbocycles. The van der Waals surface area contributed by atoms with E-state index >= 15 is 0 Å². The first-order valence-corrected chi connectivity index (χ1v) is 13.8. The average molecular weight is 591 g/mol. The highest BCUT2D eigenvalue weighted by Crippen LogP contribution is 2.14. The molecule has 0 amide bonds. The standard InChI is InChI=1S/C30H38O12/c1-21-13-15-25(23(3)19-21)27(31)37-41-39-29(33)35-17-11-9-7-5-6-8-10-12-18-36-30(34)40-42-38-28(32)26-16-14-22(2)20-24(26)4/h13-16,19-20H,5-12,17-18H2,1-4H3. The van der Waals surface area contributed by atoms with Crippen molar-refractivity contribution in [2.75, 3.05) is 13.2 Å². The zero-order valence-electron chi connectivity index (χ0n) is 24.4. The summed E-state index contributed by atoms with van der Waals surface area (Å²) in [7, 11) is 0. The van der Waals surface area contributed by atoms with Crippen LogP contribution < -0.4 is 0 Å². The van der Waals surface area contributed by atoms with Crippen molar-refractivity contribution in [3.05, 3.63) is 69.8 Å². The van der Waals surface area contributed by atoms with Crippen LogP contribution in [-0.2, 0) is 39.1 Å². The van der Waals surface area contributed by atoms with Gasteiger partial charge >= 0.3 is 24.2 Å². The van der Waals surface area contributed by atoms with E-state index in [0.717, 1.165) is 49.7 Å². The van der Waals surface area contributed by atoms with Gasteiger partial charge < -0.3 is 9.47 Å². The zero-order chi connectivity index (χ0) is 30.7. The topological polar surface area (TPSA) is 142 Å². The summed E-state index contributed by atoms with van der Waals surface area (Å²) in [6.07, 6.45) is 4.75. The summed E-state index contributed by atoms with van der Waals surface area (Å²) in [5.41, 5.74) is 4.01. The molecule has 230 valence electrons. The van der Waals surface area contributed by atoms with Crippen molar-refractivity contribution in [2.24, 2.45) is 0 Å². The summed E-state index contributed by atoms with van der Waals surface area (Å²) in [5.74, 6) is -1.57. The number of ether oxygens (including phenoxy) is 2. The molecule has 42 heavy (non-hydrogen) atoms. The molecule has 0 bridgehead atoms. The summed E-state index contributed by atoms with van der Waals surface area (Å²) in [6.45, 7) is 7.60. The molecule has 0 saturated carbocycles. The molecule has 0 atom stereocenters. The lowest BCUT2D eigenvalue weighted by Crippen LogP contribution is -2.13. The van der Waals surface area contributed by atoms with Crippen LogP contribution in [0.1, 0.15) is 94.3 Å². The molecule has 0 aliphatic rings. The SMILES string of the molecule is Cc1ccc(C(=O)OOOC(=O)OCCCCCCCCCCOC(=O)OOOC(=O)c2ccc(C)cc2C)c(C)c1. The summed E-state index contributed by atoms with van der Waals surface area (Å²) in [6, 6.07) is 10.3. The first kappa shape index (κ1) is 34.0. The van der Waals surface area contributed by atoms with Crippen molar-refractivity contribution >= 4 is 24.2 Å². The summed E-state index contributed by atoms with van der Waals surface area (Å²) >= 11 is 0. The van der Waals surface area contributed by atoms with E-state index < -0.39 is 24.2 Å². The lowest BCUT2D eigenvalue weighted by atomic mass is 10.1. The molecule has 2 aromatic rings. The number of carbonyl (C=O) groups is 4. The van der Waals surface area contributed by atoms with E-state index in [4.69, 9.17) is 9.47 Å². The molecule has 0 fully saturated rings. The monoisotopic (exact) mass is 590 g/mol. The van der Waals surface area contributed by atoms with Crippen molar-refractivity contribution in [1.29, 1.82) is 0 Å². The lowest BCUT2D eigenvalue weighted by Gasteiger charge is -2.06. The number of hydrogen-bond donors (Lipinski definition) is 0. The normalized spacial score (nSPS) is 10.5. The van der Waals surface area contributed by atoms with Gasteiger partial charge in [0.05, 0.1) is 34.4 Å². The van der Waals surface area contributed by atoms with Gasteiger partial charge in [0.25, 0.3) is 0 Å². The zero-order valence-corrected chi connectivity index (χ0v) is 24.4. The van der Waals surface area contributed by atoms with Crippen LogP contribution in [0.5, 0.6) is 0 Å². The number of unbranched alkanes of at least 4 members (excludes halogenated alkanes) is 7. The minimum atomic E-state index is -1.10. The second-order valence-electron chi connectivity index (χ2n) is 9.71. The molecule has 0 aliphatic heterocycles. The van der Waals surface area contributed by atoms with E-state index in [1.54, 1.807) is 38.1 Å². The van der Waals surface area contributed by atoms with Crippen molar-refractivity contribution in [3.8, 4) is 0 Å². The number of hydrogen-bond acceptors (Lipinski definition) is 12. The van der Waals surface area contributed by atoms with E-state index in [1.165, 1.54) is 0 Å². The Morgan fingerprint density at radius 2 is 0.857 bits per heavy atom. The van der Waals surface area contributed by atoms with E-state index in [-0.39, 0.29) is 13.2 Å². The molecule has 0 N–H and O–H groups in total. The Labute approximate surface area is 244 Å². The van der Waals surface area contributed by atoms with Gasteiger partial charge in [-0.25, -0.2) is 29.0 Å². The molecule has 0 spiro atoms. The maximum Gasteiger partial charge on any atom is 0.543 e. The maximum atomic E-state index is 11.9. The van der Waals surface area contributed by atoms with Gasteiger partial charge in [-0.3, -0.25) is 9.78 Å². The fourth-order valence-corrected chi connectivity index (χ4v) is 3.95. The number of rotatable bonds is 17. The molecule has 12 heteroatoms. The molecule has 0 aromatic heterocycles. The largest absolute Gasteiger partial charge is 0.543 e. The minimum absolute atomic E-state index is 0.148. The van der Waals surface area contributed by atoms with Gasteiger partial charge in [0.2, 0.25) is 0 Å². The summed E-state index contributed by atoms with van der Waals surface area (Å²) in [5, 5.41) is 8.45. The quantitative estimate of drug-likeness (QED) is 0.0805. The van der Waals surface area contributed by atoms with Crippen LogP contribution in [0.25, 0.3) is 0 Å². The Morgan fingerprint density at radius 1 is 0.500 bits per heavy atom. The average Bonchev–Trinajstić information content (AvgIpc) is 2.93. The predicted octanol–water partition coefficient (Wildman–Crippen LogP) is 7.05. The highest BCUT2D eigenvalue weighted by molar-refractivity contribution is 5.91. The maximum absolute atomic E-state index is 11.9. The Balaban J connectivity index is 1.36. The van der Waals surface area contributed by atoms with Crippen LogP contribution in [0.4, 0.5) is 9.59 Å². The highest BCUT2D eigenvalue weighted by atomic mass is 17.5. The molecule has 0 heterocycles. The minimum Gasteiger partial charge on any atom is -0.432 e. The molecule has 2 rings (SSSR count). The highest BCUT2D eigenvalue weighted by Gasteiger charge is 2.15. The Morgan fingerprint density at radius 3 is 1.21 bits per heavy atom. The summed E-state index contributed by atoms with van der Waals surface area (Å²) < 4.78 is 9.73. The molecule has 2 aromatic carbocycles. The predicted molar refractivity (Wildman–Crippen MR) is 147 cm³/mol. The Kier molecular flexibility index (Phi) is 15.4. The van der Waals surface area contributed by atoms with Gasteiger partial charge in [-0.05, 0) is 63.8 Å². The molecule has 0 saturated heterocycles. The van der Waals surface area contributed by atoms with Gasteiger partial charge in [0.1, 0.15) is 0 Å². The van der Waals surface area contributed by atoms with Crippen LogP contribution in [0.15, 0.2) is 36.4 Å². The van der Waals surface area contributed by atoms with E-state index in [2.05, 4.69) is 29.6 Å². The van der Waals surface area contributed by atoms with Gasteiger partial charge in [-0.2, -0.15) is 0 Å². The van der Waals surface area contributed by atoms with E-state index in [1.807, 2.05) is 26.0 Å². The third kappa shape index (κ3) is 13.5. The fraction of sp³-hybridized carbons (Fsp3) is 0.467. The molecular weight excluding hydrogens is 552 g/mol.